The van der Waals surface area contributed by atoms with Crippen LogP contribution in [0.25, 0.3) is 0 Å². The third-order valence-corrected chi connectivity index (χ3v) is 3.25. The molecule has 0 fully saturated rings. The van der Waals surface area contributed by atoms with Crippen LogP contribution in [0.4, 0.5) is 0 Å². The van der Waals surface area contributed by atoms with Crippen molar-refractivity contribution in [3.63, 3.8) is 0 Å². The van der Waals surface area contributed by atoms with Crippen molar-refractivity contribution >= 4 is 45.3 Å². The van der Waals surface area contributed by atoms with Gasteiger partial charge in [0.25, 0.3) is 0 Å². The zero-order valence-corrected chi connectivity index (χ0v) is 17.8. The van der Waals surface area contributed by atoms with Crippen molar-refractivity contribution in [2.45, 2.75) is 25.7 Å². The summed E-state index contributed by atoms with van der Waals surface area (Å²) in [7, 11) is -0.856. The van der Waals surface area contributed by atoms with Gasteiger partial charge >= 0.3 is 0 Å². The van der Waals surface area contributed by atoms with Gasteiger partial charge in [0.2, 0.25) is 0 Å². The summed E-state index contributed by atoms with van der Waals surface area (Å²) in [5, 5.41) is 0. The van der Waals surface area contributed by atoms with Gasteiger partial charge in [-0.1, -0.05) is 31.6 Å². The van der Waals surface area contributed by atoms with Crippen LogP contribution in [-0.2, 0) is 21.7 Å². The van der Waals surface area contributed by atoms with Crippen LogP contribution in [0.3, 0.4) is 0 Å². The van der Waals surface area contributed by atoms with E-state index >= 15 is 0 Å². The summed E-state index contributed by atoms with van der Waals surface area (Å²) in [4.78, 5) is 0. The van der Waals surface area contributed by atoms with E-state index in [9.17, 15) is 0 Å². The van der Waals surface area contributed by atoms with Crippen LogP contribution in [0.2, 0.25) is 25.7 Å². The van der Waals surface area contributed by atoms with E-state index in [4.69, 9.17) is 0 Å². The van der Waals surface area contributed by atoms with Gasteiger partial charge < -0.3 is 29.7 Å². The molecule has 0 aromatic rings. The van der Waals surface area contributed by atoms with Crippen molar-refractivity contribution in [3.05, 3.63) is 54.0 Å². The van der Waals surface area contributed by atoms with Gasteiger partial charge in [0.15, 0.2) is 0 Å². The van der Waals surface area contributed by atoms with Crippen LogP contribution in [0.1, 0.15) is 0 Å². The minimum Gasteiger partial charge on any atom is -0.358 e. The van der Waals surface area contributed by atoms with Crippen molar-refractivity contribution in [1.82, 2.24) is 0 Å². The zero-order chi connectivity index (χ0) is 7.61. The Morgan fingerprint density at radius 1 is 0.944 bits per heavy atom. The Morgan fingerprint density at radius 3 is 1.56 bits per heavy atom. The summed E-state index contributed by atoms with van der Waals surface area (Å²) < 4.78 is 0. The van der Waals surface area contributed by atoms with Crippen molar-refractivity contribution < 1.29 is 21.7 Å². The smallest absolute Gasteiger partial charge is 0.0435 e. The second-order valence-electron chi connectivity index (χ2n) is 4.09. The second-order valence-corrected chi connectivity index (χ2v) is 9.62. The van der Waals surface area contributed by atoms with Crippen molar-refractivity contribution in [2.75, 3.05) is 0 Å². The fourth-order valence-electron chi connectivity index (χ4n) is 1.21. The summed E-state index contributed by atoms with van der Waals surface area (Å²) >= 11 is 0. The third kappa shape index (κ3) is 26.0. The maximum absolute atomic E-state index is 3.31. The maximum atomic E-state index is 3.31. The van der Waals surface area contributed by atoms with Crippen LogP contribution < -0.4 is 0 Å². The van der Waals surface area contributed by atoms with Gasteiger partial charge in [0.05, 0.1) is 0 Å². The van der Waals surface area contributed by atoms with Crippen LogP contribution in [-0.4, -0.2) is 8.07 Å². The van der Waals surface area contributed by atoms with Gasteiger partial charge in [0, 0.05) is 29.8 Å². The van der Waals surface area contributed by atoms with E-state index in [0.29, 0.717) is 5.92 Å². The van der Waals surface area contributed by atoms with Crippen molar-refractivity contribution in [1.29, 1.82) is 0 Å². The van der Waals surface area contributed by atoms with E-state index in [2.05, 4.69) is 37.9 Å². The molecule has 0 aromatic carbocycles. The minimum absolute atomic E-state index is 0. The minimum atomic E-state index is -0.856. The van der Waals surface area contributed by atoms with Gasteiger partial charge in [0.1, 0.15) is 0 Å². The number of allylic oxidation sites excluding steroid dienone is 4. The molecule has 0 N–H and O–H groups in total. The molecule has 0 amide bonds. The molecule has 0 aliphatic heterocycles. The SMILES string of the molecule is C[Si](C)(C)CC1[C-]=CC=C1.Cl.Cl.Cl.[CH3-].[CH3-].[CH3-].[CH3-].[Ti]. The van der Waals surface area contributed by atoms with Crippen LogP contribution in [0, 0.1) is 41.7 Å². The van der Waals surface area contributed by atoms with E-state index in [0.717, 1.165) is 0 Å². The van der Waals surface area contributed by atoms with E-state index in [1.54, 1.807) is 0 Å². The van der Waals surface area contributed by atoms with Crippen LogP contribution >= 0.6 is 37.2 Å². The zero-order valence-electron chi connectivity index (χ0n) is 12.7. The number of rotatable bonds is 2. The van der Waals surface area contributed by atoms with E-state index in [1.165, 1.54) is 6.04 Å². The fraction of sp³-hybridized carbons (Fsp3) is 0.385. The molecule has 0 heterocycles. The van der Waals surface area contributed by atoms with E-state index in [-0.39, 0.29) is 88.6 Å². The molecule has 1 atom stereocenters. The average Bonchev–Trinajstić information content (AvgIpc) is 2.12. The molecule has 1 aliphatic carbocycles. The number of halogens is 3. The maximum Gasteiger partial charge on any atom is 0.0435 e. The first-order valence-electron chi connectivity index (χ1n) is 3.84. The Hall–Kier alpha value is 1.28. The molecule has 1 aliphatic rings. The van der Waals surface area contributed by atoms with Gasteiger partial charge in [-0.25, -0.2) is 12.2 Å². The topological polar surface area (TPSA) is 0 Å². The summed E-state index contributed by atoms with van der Waals surface area (Å²) in [5.41, 5.74) is 0. The summed E-state index contributed by atoms with van der Waals surface area (Å²) in [6, 6.07) is 1.35. The number of hydrogen-bond acceptors (Lipinski definition) is 0. The van der Waals surface area contributed by atoms with Gasteiger partial charge in [-0.05, 0) is 0 Å². The molecule has 1 unspecified atom stereocenters. The molecule has 0 bridgehead atoms. The predicted octanol–water partition coefficient (Wildman–Crippen LogP) is 5.93. The van der Waals surface area contributed by atoms with E-state index < -0.39 is 8.07 Å². The largest absolute Gasteiger partial charge is 0.358 e. The normalized spacial score (nSPS) is 13.4. The summed E-state index contributed by atoms with van der Waals surface area (Å²) in [6.07, 6.45) is 9.69. The molecule has 0 saturated carbocycles. The molecule has 1 rings (SSSR count). The Kier molecular flexibility index (Phi) is 65.8. The quantitative estimate of drug-likeness (QED) is 0.418. The molecule has 5 heteroatoms. The summed E-state index contributed by atoms with van der Waals surface area (Å²) in [6.45, 7) is 7.21. The van der Waals surface area contributed by atoms with E-state index in [1.807, 2.05) is 6.08 Å². The van der Waals surface area contributed by atoms with Crippen LogP contribution in [0.15, 0.2) is 18.2 Å². The van der Waals surface area contributed by atoms with Crippen LogP contribution in [0.5, 0.6) is 0 Å². The molecule has 18 heavy (non-hydrogen) atoms. The first kappa shape index (κ1) is 50.6. The molecule has 0 nitrogen and oxygen atoms in total. The molecule has 116 valence electrons. The van der Waals surface area contributed by atoms with Crippen molar-refractivity contribution in [2.24, 2.45) is 5.92 Å². The molecule has 0 spiro atoms. The summed E-state index contributed by atoms with van der Waals surface area (Å²) in [5.74, 6) is 0.631. The number of hydrogen-bond donors (Lipinski definition) is 0. The Balaban J connectivity index is -0.0000000208. The van der Waals surface area contributed by atoms with Gasteiger partial charge in [-0.15, -0.1) is 37.2 Å². The molecule has 0 radical (unpaired) electrons. The van der Waals surface area contributed by atoms with Gasteiger partial charge in [-0.3, -0.25) is 6.08 Å². The predicted molar refractivity (Wildman–Crippen MR) is 96.0 cm³/mol. The third-order valence-electron chi connectivity index (χ3n) is 1.58. The second kappa shape index (κ2) is 23.4. The standard InChI is InChI=1S/C9H15Si.4CH3.3ClH.Ti/c1-10(2,3)8-9-6-4-5-7-9;;;;;;;;/h4-6,9H,8H2,1-3H3;4*1H3;3*1H;/q5*-1;;;;. The Bertz CT molecular complexity index is 166. The van der Waals surface area contributed by atoms with Gasteiger partial charge in [-0.2, -0.15) is 6.08 Å². The Labute approximate surface area is 152 Å². The fourth-order valence-corrected chi connectivity index (χ4v) is 2.78. The molecular formula is C13H30Cl3SiTi-5. The Morgan fingerprint density at radius 2 is 1.33 bits per heavy atom. The first-order chi connectivity index (χ1) is 4.58. The molecular weight excluding hydrogens is 338 g/mol. The average molecular weight is 369 g/mol. The molecule has 0 aromatic heterocycles. The monoisotopic (exact) mass is 367 g/mol. The van der Waals surface area contributed by atoms with Crippen molar-refractivity contribution in [3.8, 4) is 0 Å². The first-order valence-corrected chi connectivity index (χ1v) is 7.55. The molecule has 0 saturated heterocycles.